The molecule has 4 nitrogen and oxygen atoms in total. The van der Waals surface area contributed by atoms with Gasteiger partial charge >= 0.3 is 0 Å². The Labute approximate surface area is 152 Å². The SMILES string of the molecule is Cc1c(C)n([C@@H](C)c2ccccc2)c2nc(-c3ccccc3)[nH]c(=O)c12. The Hall–Kier alpha value is -3.14. The molecule has 0 radical (unpaired) electrons. The fraction of sp³-hybridized carbons (Fsp3) is 0.182. The van der Waals surface area contributed by atoms with Crippen LogP contribution in [0.3, 0.4) is 0 Å². The third-order valence-corrected chi connectivity index (χ3v) is 5.12. The quantitative estimate of drug-likeness (QED) is 0.590. The summed E-state index contributed by atoms with van der Waals surface area (Å²) in [4.78, 5) is 20.6. The molecular formula is C22H21N3O. The molecule has 0 bridgehead atoms. The minimum Gasteiger partial charge on any atom is -0.322 e. The first-order valence-electron chi connectivity index (χ1n) is 8.79. The van der Waals surface area contributed by atoms with E-state index in [1.54, 1.807) is 0 Å². The van der Waals surface area contributed by atoms with E-state index in [-0.39, 0.29) is 11.6 Å². The molecule has 2 aromatic carbocycles. The van der Waals surface area contributed by atoms with Crippen molar-refractivity contribution < 1.29 is 0 Å². The molecule has 0 unspecified atom stereocenters. The van der Waals surface area contributed by atoms with Crippen LogP contribution in [0.1, 0.15) is 29.8 Å². The second-order valence-electron chi connectivity index (χ2n) is 6.65. The molecular weight excluding hydrogens is 322 g/mol. The summed E-state index contributed by atoms with van der Waals surface area (Å²) in [6.45, 7) is 6.19. The lowest BCUT2D eigenvalue weighted by molar-refractivity contribution is 0.639. The summed E-state index contributed by atoms with van der Waals surface area (Å²) in [6, 6.07) is 20.1. The summed E-state index contributed by atoms with van der Waals surface area (Å²) in [7, 11) is 0. The fourth-order valence-electron chi connectivity index (χ4n) is 3.58. The molecule has 0 saturated heterocycles. The number of benzene rings is 2. The molecule has 2 aromatic heterocycles. The number of H-pyrrole nitrogens is 1. The van der Waals surface area contributed by atoms with Gasteiger partial charge in [-0.1, -0.05) is 60.7 Å². The van der Waals surface area contributed by atoms with Gasteiger partial charge in [-0.3, -0.25) is 4.79 Å². The highest BCUT2D eigenvalue weighted by molar-refractivity contribution is 5.83. The topological polar surface area (TPSA) is 50.7 Å². The van der Waals surface area contributed by atoms with Gasteiger partial charge in [-0.05, 0) is 31.9 Å². The summed E-state index contributed by atoms with van der Waals surface area (Å²) in [6.07, 6.45) is 0. The van der Waals surface area contributed by atoms with Gasteiger partial charge in [0, 0.05) is 11.3 Å². The summed E-state index contributed by atoms with van der Waals surface area (Å²) in [5.74, 6) is 0.599. The van der Waals surface area contributed by atoms with Crippen molar-refractivity contribution in [1.82, 2.24) is 14.5 Å². The number of aryl methyl sites for hydroxylation is 1. The van der Waals surface area contributed by atoms with Crippen molar-refractivity contribution in [2.24, 2.45) is 0 Å². The normalized spacial score (nSPS) is 12.4. The van der Waals surface area contributed by atoms with Gasteiger partial charge in [0.05, 0.1) is 11.4 Å². The van der Waals surface area contributed by atoms with Crippen LogP contribution in [0.4, 0.5) is 0 Å². The van der Waals surface area contributed by atoms with Gasteiger partial charge in [0.25, 0.3) is 5.56 Å². The van der Waals surface area contributed by atoms with Gasteiger partial charge < -0.3 is 9.55 Å². The first kappa shape index (κ1) is 16.3. The van der Waals surface area contributed by atoms with Crippen LogP contribution < -0.4 is 5.56 Å². The summed E-state index contributed by atoms with van der Waals surface area (Å²) >= 11 is 0. The molecule has 130 valence electrons. The van der Waals surface area contributed by atoms with E-state index in [0.717, 1.165) is 22.5 Å². The highest BCUT2D eigenvalue weighted by atomic mass is 16.1. The summed E-state index contributed by atoms with van der Waals surface area (Å²) < 4.78 is 2.17. The molecule has 4 heteroatoms. The first-order valence-corrected chi connectivity index (χ1v) is 8.79. The van der Waals surface area contributed by atoms with Crippen molar-refractivity contribution in [2.45, 2.75) is 26.8 Å². The van der Waals surface area contributed by atoms with Crippen LogP contribution in [0.2, 0.25) is 0 Å². The van der Waals surface area contributed by atoms with Gasteiger partial charge in [0.2, 0.25) is 0 Å². The predicted molar refractivity (Wildman–Crippen MR) is 106 cm³/mol. The molecule has 0 aliphatic rings. The molecule has 0 fully saturated rings. The highest BCUT2D eigenvalue weighted by Gasteiger charge is 2.21. The minimum atomic E-state index is -0.0894. The zero-order chi connectivity index (χ0) is 18.3. The van der Waals surface area contributed by atoms with Crippen LogP contribution >= 0.6 is 0 Å². The molecule has 1 atom stereocenters. The Morgan fingerprint density at radius 3 is 2.23 bits per heavy atom. The first-order chi connectivity index (χ1) is 12.6. The fourth-order valence-corrected chi connectivity index (χ4v) is 3.58. The number of rotatable bonds is 3. The lowest BCUT2D eigenvalue weighted by Crippen LogP contribution is -2.13. The van der Waals surface area contributed by atoms with Crippen molar-refractivity contribution in [1.29, 1.82) is 0 Å². The summed E-state index contributed by atoms with van der Waals surface area (Å²) in [5.41, 5.74) is 4.79. The monoisotopic (exact) mass is 343 g/mol. The number of aromatic amines is 1. The highest BCUT2D eigenvalue weighted by Crippen LogP contribution is 2.29. The maximum Gasteiger partial charge on any atom is 0.260 e. The third kappa shape index (κ3) is 2.54. The van der Waals surface area contributed by atoms with Crippen LogP contribution in [-0.4, -0.2) is 14.5 Å². The van der Waals surface area contributed by atoms with E-state index in [9.17, 15) is 4.79 Å². The molecule has 0 saturated carbocycles. The van der Waals surface area contributed by atoms with Crippen LogP contribution in [0.25, 0.3) is 22.4 Å². The molecule has 2 heterocycles. The molecule has 4 rings (SSSR count). The van der Waals surface area contributed by atoms with E-state index in [0.29, 0.717) is 11.2 Å². The average molecular weight is 343 g/mol. The number of fused-ring (bicyclic) bond motifs is 1. The van der Waals surface area contributed by atoms with E-state index in [1.807, 2.05) is 55.5 Å². The Morgan fingerprint density at radius 1 is 0.962 bits per heavy atom. The molecule has 0 spiro atoms. The van der Waals surface area contributed by atoms with E-state index >= 15 is 0 Å². The van der Waals surface area contributed by atoms with E-state index in [4.69, 9.17) is 4.98 Å². The van der Waals surface area contributed by atoms with Crippen LogP contribution in [-0.2, 0) is 0 Å². The number of hydrogen-bond acceptors (Lipinski definition) is 2. The van der Waals surface area contributed by atoms with Crippen molar-refractivity contribution in [3.05, 3.63) is 87.8 Å². The lowest BCUT2D eigenvalue weighted by atomic mass is 10.1. The molecule has 26 heavy (non-hydrogen) atoms. The minimum absolute atomic E-state index is 0.0883. The summed E-state index contributed by atoms with van der Waals surface area (Å²) in [5, 5.41) is 0.671. The zero-order valence-electron chi connectivity index (χ0n) is 15.2. The maximum absolute atomic E-state index is 12.8. The number of nitrogens with zero attached hydrogens (tertiary/aromatic N) is 2. The largest absolute Gasteiger partial charge is 0.322 e. The molecule has 1 N–H and O–H groups in total. The third-order valence-electron chi connectivity index (χ3n) is 5.12. The maximum atomic E-state index is 12.8. The Bertz CT molecular complexity index is 1120. The van der Waals surface area contributed by atoms with Gasteiger partial charge in [-0.2, -0.15) is 0 Å². The molecule has 0 aliphatic carbocycles. The van der Waals surface area contributed by atoms with Gasteiger partial charge in [-0.15, -0.1) is 0 Å². The zero-order valence-corrected chi connectivity index (χ0v) is 15.2. The number of nitrogens with one attached hydrogen (secondary N) is 1. The number of hydrogen-bond donors (Lipinski definition) is 1. The predicted octanol–water partition coefficient (Wildman–Crippen LogP) is 4.62. The lowest BCUT2D eigenvalue weighted by Gasteiger charge is -2.18. The van der Waals surface area contributed by atoms with E-state index < -0.39 is 0 Å². The van der Waals surface area contributed by atoms with E-state index in [1.165, 1.54) is 5.56 Å². The second kappa shape index (κ2) is 6.30. The van der Waals surface area contributed by atoms with Gasteiger partial charge in [0.1, 0.15) is 11.5 Å². The Kier molecular flexibility index (Phi) is 3.96. The molecule has 0 aliphatic heterocycles. The van der Waals surface area contributed by atoms with Crippen LogP contribution in [0.15, 0.2) is 65.5 Å². The van der Waals surface area contributed by atoms with Gasteiger partial charge in [0.15, 0.2) is 0 Å². The smallest absolute Gasteiger partial charge is 0.260 e. The van der Waals surface area contributed by atoms with Crippen molar-refractivity contribution >= 4 is 11.0 Å². The van der Waals surface area contributed by atoms with Crippen molar-refractivity contribution in [3.63, 3.8) is 0 Å². The van der Waals surface area contributed by atoms with Crippen LogP contribution in [0, 0.1) is 13.8 Å². The van der Waals surface area contributed by atoms with Crippen molar-refractivity contribution in [2.75, 3.05) is 0 Å². The Morgan fingerprint density at radius 2 is 1.58 bits per heavy atom. The standard InChI is InChI=1S/C22H21N3O/c1-14-15(2)25(16(3)17-10-6-4-7-11-17)21-19(14)22(26)24-20(23-21)18-12-8-5-9-13-18/h4-13,16H,1-3H3,(H,23,24,26)/t16-/m0/s1. The van der Waals surface area contributed by atoms with Crippen LogP contribution in [0.5, 0.6) is 0 Å². The Balaban J connectivity index is 2.00. The average Bonchev–Trinajstić information content (AvgIpc) is 2.93. The van der Waals surface area contributed by atoms with E-state index in [2.05, 4.69) is 35.5 Å². The van der Waals surface area contributed by atoms with Crippen molar-refractivity contribution in [3.8, 4) is 11.4 Å². The van der Waals surface area contributed by atoms with Gasteiger partial charge in [-0.25, -0.2) is 4.98 Å². The second-order valence-corrected chi connectivity index (χ2v) is 6.65. The molecule has 4 aromatic rings. The molecule has 0 amide bonds. The number of aromatic nitrogens is 3.